The Hall–Kier alpha value is -1.63. The number of pyridine rings is 1. The van der Waals surface area contributed by atoms with E-state index in [0.717, 1.165) is 22.0 Å². The highest BCUT2D eigenvalue weighted by Crippen LogP contribution is 2.43. The van der Waals surface area contributed by atoms with Gasteiger partial charge in [0, 0.05) is 11.2 Å². The summed E-state index contributed by atoms with van der Waals surface area (Å²) in [6.45, 7) is 9.90. The Kier molecular flexibility index (Phi) is 5.27. The molecule has 1 aromatic carbocycles. The lowest BCUT2D eigenvalue weighted by atomic mass is 9.66. The minimum atomic E-state index is -0.629. The molecule has 5 nitrogen and oxygen atoms in total. The quantitative estimate of drug-likeness (QED) is 0.438. The first kappa shape index (κ1) is 20.1. The molecule has 0 N–H and O–H groups in total. The summed E-state index contributed by atoms with van der Waals surface area (Å²) in [6.07, 6.45) is 0.0893. The van der Waals surface area contributed by atoms with Gasteiger partial charge in [-0.25, -0.2) is 4.98 Å². The van der Waals surface area contributed by atoms with Crippen molar-refractivity contribution < 1.29 is 18.8 Å². The molecule has 1 aromatic heterocycles. The Morgan fingerprint density at radius 1 is 1.26 bits per heavy atom. The van der Waals surface area contributed by atoms with Crippen molar-refractivity contribution in [1.82, 2.24) is 4.98 Å². The summed E-state index contributed by atoms with van der Waals surface area (Å²) in [7, 11) is 0.739. The third-order valence-electron chi connectivity index (χ3n) is 5.64. The third-order valence-corrected chi connectivity index (χ3v) is 5.94. The zero-order chi connectivity index (χ0) is 20.0. The lowest BCUT2D eigenvalue weighted by Crippen LogP contribution is -2.41. The molecular weight excluding hydrogens is 364 g/mol. The second-order valence-electron chi connectivity index (χ2n) is 8.03. The largest absolute Gasteiger partial charge is 0.469 e. The van der Waals surface area contributed by atoms with Gasteiger partial charge in [0.05, 0.1) is 30.2 Å². The van der Waals surface area contributed by atoms with Crippen LogP contribution in [0.15, 0.2) is 24.3 Å². The molecule has 27 heavy (non-hydrogen) atoms. The molecule has 0 spiro atoms. The highest BCUT2D eigenvalue weighted by molar-refractivity contribution is 6.48. The van der Waals surface area contributed by atoms with Crippen molar-refractivity contribution >= 4 is 35.6 Å². The van der Waals surface area contributed by atoms with Crippen LogP contribution in [0, 0.1) is 6.92 Å². The van der Waals surface area contributed by atoms with Gasteiger partial charge in [0.25, 0.3) is 0 Å². The number of rotatable bonds is 4. The molecule has 0 amide bonds. The number of hydrogen-bond acceptors (Lipinski definition) is 5. The van der Waals surface area contributed by atoms with Crippen LogP contribution in [-0.2, 0) is 18.8 Å². The van der Waals surface area contributed by atoms with Crippen LogP contribution in [-0.4, -0.2) is 36.4 Å². The van der Waals surface area contributed by atoms with Crippen LogP contribution in [0.3, 0.4) is 0 Å². The second-order valence-corrected chi connectivity index (χ2v) is 8.38. The Morgan fingerprint density at radius 2 is 1.89 bits per heavy atom. The molecule has 1 unspecified atom stereocenters. The average molecular weight is 390 g/mol. The SMILES string of the molecule is COC(=O)CC(B1OC(C)(C)C(C)(C)O1)c1cc2cccc(C)c2nc1Cl. The molecule has 1 fully saturated rings. The van der Waals surface area contributed by atoms with Crippen LogP contribution in [0.1, 0.15) is 51.1 Å². The summed E-state index contributed by atoms with van der Waals surface area (Å²) in [5.41, 5.74) is 1.58. The molecule has 144 valence electrons. The van der Waals surface area contributed by atoms with Gasteiger partial charge in [-0.2, -0.15) is 0 Å². The molecule has 1 aliphatic heterocycles. The number of hydrogen-bond donors (Lipinski definition) is 0. The molecular formula is C20H25BClNO4. The summed E-state index contributed by atoms with van der Waals surface area (Å²) in [5.74, 6) is -0.779. The predicted molar refractivity (Wildman–Crippen MR) is 107 cm³/mol. The molecule has 0 bridgehead atoms. The number of carbonyl (C=O) groups is 1. The summed E-state index contributed by atoms with van der Waals surface area (Å²) in [4.78, 5) is 16.7. The minimum Gasteiger partial charge on any atom is -0.469 e. The second kappa shape index (κ2) is 7.08. The van der Waals surface area contributed by atoms with Gasteiger partial charge in [0.1, 0.15) is 5.15 Å². The fourth-order valence-corrected chi connectivity index (χ4v) is 3.55. The van der Waals surface area contributed by atoms with Gasteiger partial charge in [0.15, 0.2) is 0 Å². The maximum atomic E-state index is 12.1. The van der Waals surface area contributed by atoms with Gasteiger partial charge >= 0.3 is 13.1 Å². The summed E-state index contributed by atoms with van der Waals surface area (Å²) >= 11 is 6.54. The first-order valence-corrected chi connectivity index (χ1v) is 9.42. The van der Waals surface area contributed by atoms with Crippen molar-refractivity contribution in [3.63, 3.8) is 0 Å². The van der Waals surface area contributed by atoms with E-state index in [1.807, 2.05) is 58.9 Å². The van der Waals surface area contributed by atoms with Gasteiger partial charge in [-0.15, -0.1) is 0 Å². The van der Waals surface area contributed by atoms with E-state index < -0.39 is 24.1 Å². The topological polar surface area (TPSA) is 57.7 Å². The highest BCUT2D eigenvalue weighted by atomic mass is 35.5. The summed E-state index contributed by atoms with van der Waals surface area (Å²) in [6, 6.07) is 7.91. The minimum absolute atomic E-state index is 0.0893. The zero-order valence-electron chi connectivity index (χ0n) is 16.6. The van der Waals surface area contributed by atoms with Crippen molar-refractivity contribution in [2.75, 3.05) is 7.11 Å². The number of carbonyl (C=O) groups excluding carboxylic acids is 1. The van der Waals surface area contributed by atoms with Crippen LogP contribution < -0.4 is 0 Å². The van der Waals surface area contributed by atoms with Crippen LogP contribution in [0.5, 0.6) is 0 Å². The Bertz CT molecular complexity index is 868. The lowest BCUT2D eigenvalue weighted by Gasteiger charge is -2.32. The summed E-state index contributed by atoms with van der Waals surface area (Å²) in [5, 5.41) is 1.31. The Labute approximate surface area is 165 Å². The van der Waals surface area contributed by atoms with Crippen molar-refractivity contribution in [2.45, 2.75) is 58.1 Å². The standard InChI is InChI=1S/C20H25BClNO4/c1-12-8-7-9-13-10-14(18(22)23-17(12)13)15(11-16(24)25-6)21-26-19(2,3)20(4,5)27-21/h7-10,15H,11H2,1-6H3. The van der Waals surface area contributed by atoms with Gasteiger partial charge in [-0.1, -0.05) is 29.8 Å². The maximum absolute atomic E-state index is 12.1. The molecule has 7 heteroatoms. The molecule has 0 saturated carbocycles. The smallest absolute Gasteiger partial charge is 0.466 e. The normalized spacial score (nSPS) is 19.3. The van der Waals surface area contributed by atoms with Gasteiger partial charge in [-0.05, 0) is 51.8 Å². The van der Waals surface area contributed by atoms with Crippen molar-refractivity contribution in [2.24, 2.45) is 0 Å². The third kappa shape index (κ3) is 3.71. The van der Waals surface area contributed by atoms with Gasteiger partial charge in [-0.3, -0.25) is 4.79 Å². The monoisotopic (exact) mass is 389 g/mol. The highest BCUT2D eigenvalue weighted by Gasteiger charge is 2.54. The lowest BCUT2D eigenvalue weighted by molar-refractivity contribution is -0.140. The first-order chi connectivity index (χ1) is 12.6. The molecule has 2 aromatic rings. The number of methoxy groups -OCH3 is 1. The molecule has 1 atom stereocenters. The number of nitrogens with zero attached hydrogens (tertiary/aromatic N) is 1. The molecule has 0 radical (unpaired) electrons. The van der Waals surface area contributed by atoms with Crippen molar-refractivity contribution in [1.29, 1.82) is 0 Å². The Balaban J connectivity index is 2.08. The number of para-hydroxylation sites is 1. The van der Waals surface area contributed by atoms with E-state index >= 15 is 0 Å². The summed E-state index contributed by atoms with van der Waals surface area (Å²) < 4.78 is 17.3. The van der Waals surface area contributed by atoms with E-state index in [0.29, 0.717) is 5.15 Å². The Morgan fingerprint density at radius 3 is 2.48 bits per heavy atom. The van der Waals surface area contributed by atoms with E-state index in [9.17, 15) is 4.79 Å². The molecule has 3 rings (SSSR count). The first-order valence-electron chi connectivity index (χ1n) is 9.04. The van der Waals surface area contributed by atoms with Gasteiger partial charge in [0.2, 0.25) is 0 Å². The average Bonchev–Trinajstić information content (AvgIpc) is 2.80. The van der Waals surface area contributed by atoms with Gasteiger partial charge < -0.3 is 14.0 Å². The number of aryl methyl sites for hydroxylation is 1. The molecule has 1 saturated heterocycles. The van der Waals surface area contributed by atoms with Crippen molar-refractivity contribution in [3.05, 3.63) is 40.5 Å². The number of ether oxygens (including phenoxy) is 1. The van der Waals surface area contributed by atoms with E-state index in [4.69, 9.17) is 25.6 Å². The molecule has 0 aliphatic carbocycles. The number of esters is 1. The van der Waals surface area contributed by atoms with E-state index in [1.54, 1.807) is 0 Å². The van der Waals surface area contributed by atoms with Crippen LogP contribution in [0.2, 0.25) is 5.15 Å². The fourth-order valence-electron chi connectivity index (χ4n) is 3.27. The van der Waals surface area contributed by atoms with Crippen LogP contribution in [0.25, 0.3) is 10.9 Å². The zero-order valence-corrected chi connectivity index (χ0v) is 17.4. The molecule has 1 aliphatic rings. The van der Waals surface area contributed by atoms with Crippen LogP contribution >= 0.6 is 11.6 Å². The van der Waals surface area contributed by atoms with E-state index in [1.165, 1.54) is 7.11 Å². The number of benzene rings is 1. The molecule has 2 heterocycles. The maximum Gasteiger partial charge on any atom is 0.466 e. The van der Waals surface area contributed by atoms with Crippen molar-refractivity contribution in [3.8, 4) is 0 Å². The number of halogens is 1. The van der Waals surface area contributed by atoms with E-state index in [-0.39, 0.29) is 12.4 Å². The van der Waals surface area contributed by atoms with E-state index in [2.05, 4.69) is 4.98 Å². The number of aromatic nitrogens is 1. The number of fused-ring (bicyclic) bond motifs is 1. The van der Waals surface area contributed by atoms with Crippen LogP contribution in [0.4, 0.5) is 0 Å². The predicted octanol–water partition coefficient (Wildman–Crippen LogP) is 4.47. The fraction of sp³-hybridized carbons (Fsp3) is 0.500.